The molecule has 1 atom stereocenters. The van der Waals surface area contributed by atoms with E-state index in [2.05, 4.69) is 47.5 Å². The largest absolute Gasteiger partial charge is 0.316 e. The lowest BCUT2D eigenvalue weighted by atomic mass is 9.98. The molecule has 0 unspecified atom stereocenters. The SMILES string of the molecule is CCCN(Cc1ccccc1)C[C@H]1CCCNC1. The zero-order valence-corrected chi connectivity index (χ0v) is 11.6. The number of nitrogens with one attached hydrogen (secondary N) is 1. The van der Waals surface area contributed by atoms with Crippen molar-refractivity contribution in [3.63, 3.8) is 0 Å². The summed E-state index contributed by atoms with van der Waals surface area (Å²) >= 11 is 0. The summed E-state index contributed by atoms with van der Waals surface area (Å²) in [5.41, 5.74) is 1.44. The van der Waals surface area contributed by atoms with Gasteiger partial charge in [0, 0.05) is 13.1 Å². The molecule has 0 radical (unpaired) electrons. The van der Waals surface area contributed by atoms with E-state index in [1.807, 2.05) is 0 Å². The van der Waals surface area contributed by atoms with Gasteiger partial charge in [-0.15, -0.1) is 0 Å². The Balaban J connectivity index is 1.86. The van der Waals surface area contributed by atoms with Gasteiger partial charge in [-0.3, -0.25) is 4.90 Å². The summed E-state index contributed by atoms with van der Waals surface area (Å²) in [6.45, 7) is 8.25. The van der Waals surface area contributed by atoms with Gasteiger partial charge in [-0.1, -0.05) is 37.3 Å². The summed E-state index contributed by atoms with van der Waals surface area (Å²) in [5, 5.41) is 3.52. The van der Waals surface area contributed by atoms with Gasteiger partial charge in [0.15, 0.2) is 0 Å². The highest BCUT2D eigenvalue weighted by Gasteiger charge is 2.16. The second-order valence-corrected chi connectivity index (χ2v) is 5.43. The van der Waals surface area contributed by atoms with Crippen LogP contribution in [0.4, 0.5) is 0 Å². The topological polar surface area (TPSA) is 15.3 Å². The molecule has 0 spiro atoms. The van der Waals surface area contributed by atoms with E-state index in [-0.39, 0.29) is 0 Å². The van der Waals surface area contributed by atoms with E-state index in [4.69, 9.17) is 0 Å². The molecule has 1 fully saturated rings. The minimum atomic E-state index is 0.842. The maximum absolute atomic E-state index is 3.52. The van der Waals surface area contributed by atoms with Gasteiger partial charge in [0.2, 0.25) is 0 Å². The first-order chi connectivity index (χ1) is 8.88. The molecule has 0 saturated carbocycles. The highest BCUT2D eigenvalue weighted by molar-refractivity contribution is 5.14. The average molecular weight is 246 g/mol. The number of hydrogen-bond acceptors (Lipinski definition) is 2. The standard InChI is InChI=1S/C16H26N2/c1-2-11-18(13-15-7-4-3-5-8-15)14-16-9-6-10-17-12-16/h3-5,7-8,16-17H,2,6,9-14H2,1H3/t16-/m0/s1. The molecule has 0 amide bonds. The Hall–Kier alpha value is -0.860. The molecule has 0 aromatic heterocycles. The van der Waals surface area contributed by atoms with Crippen molar-refractivity contribution in [2.75, 3.05) is 26.2 Å². The molecule has 2 rings (SSSR count). The third-order valence-corrected chi connectivity index (χ3v) is 3.70. The van der Waals surface area contributed by atoms with E-state index in [1.54, 1.807) is 0 Å². The van der Waals surface area contributed by atoms with Crippen molar-refractivity contribution in [3.05, 3.63) is 35.9 Å². The summed E-state index contributed by atoms with van der Waals surface area (Å²) in [7, 11) is 0. The average Bonchev–Trinajstić information content (AvgIpc) is 2.41. The Kier molecular flexibility index (Phi) is 5.69. The van der Waals surface area contributed by atoms with E-state index in [0.717, 1.165) is 12.5 Å². The Bertz CT molecular complexity index is 317. The molecule has 18 heavy (non-hydrogen) atoms. The monoisotopic (exact) mass is 246 g/mol. The molecule has 2 heteroatoms. The quantitative estimate of drug-likeness (QED) is 0.830. The molecule has 1 N–H and O–H groups in total. The van der Waals surface area contributed by atoms with Gasteiger partial charge in [0.1, 0.15) is 0 Å². The third-order valence-electron chi connectivity index (χ3n) is 3.70. The van der Waals surface area contributed by atoms with Crippen LogP contribution in [0.3, 0.4) is 0 Å². The fraction of sp³-hybridized carbons (Fsp3) is 0.625. The zero-order valence-electron chi connectivity index (χ0n) is 11.6. The maximum atomic E-state index is 3.52. The molecule has 100 valence electrons. The van der Waals surface area contributed by atoms with Gasteiger partial charge in [0.05, 0.1) is 0 Å². The number of nitrogens with zero attached hydrogens (tertiary/aromatic N) is 1. The van der Waals surface area contributed by atoms with Crippen molar-refractivity contribution in [3.8, 4) is 0 Å². The first-order valence-corrected chi connectivity index (χ1v) is 7.35. The van der Waals surface area contributed by atoms with Gasteiger partial charge < -0.3 is 5.32 Å². The van der Waals surface area contributed by atoms with E-state index >= 15 is 0 Å². The lowest BCUT2D eigenvalue weighted by molar-refractivity contribution is 0.201. The van der Waals surface area contributed by atoms with Gasteiger partial charge in [-0.2, -0.15) is 0 Å². The van der Waals surface area contributed by atoms with Crippen LogP contribution in [0.25, 0.3) is 0 Å². The van der Waals surface area contributed by atoms with E-state index in [9.17, 15) is 0 Å². The van der Waals surface area contributed by atoms with Crippen molar-refractivity contribution in [1.82, 2.24) is 10.2 Å². The Morgan fingerprint density at radius 3 is 2.78 bits per heavy atom. The summed E-state index contributed by atoms with van der Waals surface area (Å²) in [4.78, 5) is 2.62. The van der Waals surface area contributed by atoms with Crippen molar-refractivity contribution in [2.45, 2.75) is 32.7 Å². The van der Waals surface area contributed by atoms with Gasteiger partial charge >= 0.3 is 0 Å². The van der Waals surface area contributed by atoms with Crippen LogP contribution in [0, 0.1) is 5.92 Å². The maximum Gasteiger partial charge on any atom is 0.0233 e. The summed E-state index contributed by atoms with van der Waals surface area (Å²) in [6, 6.07) is 10.9. The highest BCUT2D eigenvalue weighted by Crippen LogP contribution is 2.14. The minimum Gasteiger partial charge on any atom is -0.316 e. The Labute approximate surface area is 111 Å². The van der Waals surface area contributed by atoms with Gasteiger partial charge in [-0.05, 0) is 50.4 Å². The summed E-state index contributed by atoms with van der Waals surface area (Å²) in [6.07, 6.45) is 3.98. The van der Waals surface area contributed by atoms with Crippen molar-refractivity contribution < 1.29 is 0 Å². The van der Waals surface area contributed by atoms with E-state index in [1.165, 1.54) is 51.0 Å². The Morgan fingerprint density at radius 1 is 1.28 bits per heavy atom. The van der Waals surface area contributed by atoms with Crippen LogP contribution in [0.2, 0.25) is 0 Å². The first kappa shape index (κ1) is 13.6. The van der Waals surface area contributed by atoms with Crippen LogP contribution in [-0.2, 0) is 6.54 Å². The molecule has 1 aliphatic heterocycles. The normalized spacial score (nSPS) is 20.2. The smallest absolute Gasteiger partial charge is 0.0233 e. The molecule has 1 heterocycles. The lowest BCUT2D eigenvalue weighted by Crippen LogP contribution is -2.38. The minimum absolute atomic E-state index is 0.842. The predicted octanol–water partition coefficient (Wildman–Crippen LogP) is 2.90. The number of hydrogen-bond donors (Lipinski definition) is 1. The van der Waals surface area contributed by atoms with Crippen LogP contribution < -0.4 is 5.32 Å². The first-order valence-electron chi connectivity index (χ1n) is 7.35. The molecule has 2 nitrogen and oxygen atoms in total. The molecule has 1 saturated heterocycles. The van der Waals surface area contributed by atoms with Crippen LogP contribution in [0.15, 0.2) is 30.3 Å². The second kappa shape index (κ2) is 7.55. The fourth-order valence-corrected chi connectivity index (χ4v) is 2.84. The Morgan fingerprint density at radius 2 is 2.11 bits per heavy atom. The van der Waals surface area contributed by atoms with Crippen LogP contribution >= 0.6 is 0 Å². The summed E-state index contributed by atoms with van der Waals surface area (Å²) < 4.78 is 0. The molecule has 1 aromatic carbocycles. The molecule has 0 aliphatic carbocycles. The predicted molar refractivity (Wildman–Crippen MR) is 77.6 cm³/mol. The number of piperidine rings is 1. The lowest BCUT2D eigenvalue weighted by Gasteiger charge is -2.30. The van der Waals surface area contributed by atoms with E-state index < -0.39 is 0 Å². The molecular weight excluding hydrogens is 220 g/mol. The highest BCUT2D eigenvalue weighted by atomic mass is 15.1. The second-order valence-electron chi connectivity index (χ2n) is 5.43. The van der Waals surface area contributed by atoms with Gasteiger partial charge in [-0.25, -0.2) is 0 Å². The fourth-order valence-electron chi connectivity index (χ4n) is 2.84. The number of benzene rings is 1. The van der Waals surface area contributed by atoms with Crippen LogP contribution in [0.5, 0.6) is 0 Å². The van der Waals surface area contributed by atoms with Crippen molar-refractivity contribution in [1.29, 1.82) is 0 Å². The zero-order chi connectivity index (χ0) is 12.6. The number of rotatable bonds is 6. The molecule has 1 aromatic rings. The molecular formula is C16H26N2. The third kappa shape index (κ3) is 4.43. The van der Waals surface area contributed by atoms with Crippen LogP contribution in [-0.4, -0.2) is 31.1 Å². The van der Waals surface area contributed by atoms with Crippen molar-refractivity contribution >= 4 is 0 Å². The van der Waals surface area contributed by atoms with Crippen LogP contribution in [0.1, 0.15) is 31.7 Å². The summed E-state index contributed by atoms with van der Waals surface area (Å²) in [5.74, 6) is 0.842. The molecule has 0 bridgehead atoms. The molecule has 1 aliphatic rings. The van der Waals surface area contributed by atoms with Crippen molar-refractivity contribution in [2.24, 2.45) is 5.92 Å². The van der Waals surface area contributed by atoms with Gasteiger partial charge in [0.25, 0.3) is 0 Å². The van der Waals surface area contributed by atoms with E-state index in [0.29, 0.717) is 0 Å².